The minimum Gasteiger partial charge on any atom is -0.465 e. The van der Waals surface area contributed by atoms with Crippen LogP contribution in [-0.2, 0) is 0 Å². The van der Waals surface area contributed by atoms with Gasteiger partial charge in [-0.05, 0) is 12.0 Å². The van der Waals surface area contributed by atoms with Crippen molar-refractivity contribution < 1.29 is 9.90 Å². The van der Waals surface area contributed by atoms with E-state index in [2.05, 4.69) is 11.1 Å². The molecule has 0 saturated heterocycles. The van der Waals surface area contributed by atoms with E-state index in [-0.39, 0.29) is 5.92 Å². The van der Waals surface area contributed by atoms with Gasteiger partial charge in [0.2, 0.25) is 0 Å². The first-order valence-electron chi connectivity index (χ1n) is 4.83. The molecule has 2 aliphatic heterocycles. The monoisotopic (exact) mass is 205 g/mol. The van der Waals surface area contributed by atoms with Crippen molar-refractivity contribution in [1.29, 1.82) is 5.26 Å². The number of carbonyl (C=O) groups is 1. The fourth-order valence-corrected chi connectivity index (χ4v) is 1.90. The van der Waals surface area contributed by atoms with E-state index in [9.17, 15) is 4.79 Å². The third-order valence-electron chi connectivity index (χ3n) is 2.72. The molecule has 0 aromatic heterocycles. The van der Waals surface area contributed by atoms with E-state index in [0.29, 0.717) is 25.9 Å². The molecule has 0 fully saturated rings. The Hall–Kier alpha value is -1.83. The highest BCUT2D eigenvalue weighted by Crippen LogP contribution is 2.27. The van der Waals surface area contributed by atoms with E-state index in [0.717, 1.165) is 11.3 Å². The van der Waals surface area contributed by atoms with Crippen LogP contribution in [0.15, 0.2) is 16.3 Å². The molecule has 0 spiro atoms. The second kappa shape index (κ2) is 3.73. The summed E-state index contributed by atoms with van der Waals surface area (Å²) in [5.74, 6) is -0.197. The Morgan fingerprint density at radius 1 is 1.73 bits per heavy atom. The van der Waals surface area contributed by atoms with Crippen molar-refractivity contribution in [2.24, 2.45) is 10.9 Å². The fraction of sp³-hybridized carbons (Fsp3) is 0.500. The summed E-state index contributed by atoms with van der Waals surface area (Å²) in [5, 5.41) is 17.6. The summed E-state index contributed by atoms with van der Waals surface area (Å²) >= 11 is 0. The molecule has 2 aliphatic rings. The summed E-state index contributed by atoms with van der Waals surface area (Å²) in [6.07, 6.45) is 2.05. The Morgan fingerprint density at radius 2 is 2.53 bits per heavy atom. The van der Waals surface area contributed by atoms with E-state index < -0.39 is 6.09 Å². The second-order valence-corrected chi connectivity index (χ2v) is 3.72. The predicted octanol–water partition coefficient (Wildman–Crippen LogP) is 1.24. The normalized spacial score (nSPS) is 24.7. The van der Waals surface area contributed by atoms with Gasteiger partial charge < -0.3 is 10.0 Å². The second-order valence-electron chi connectivity index (χ2n) is 3.72. The third kappa shape index (κ3) is 1.84. The highest BCUT2D eigenvalue weighted by atomic mass is 16.4. The molecule has 2 rings (SSSR count). The van der Waals surface area contributed by atoms with Gasteiger partial charge in [-0.3, -0.25) is 4.99 Å². The first-order chi connectivity index (χ1) is 7.20. The number of rotatable bonds is 0. The largest absolute Gasteiger partial charge is 0.465 e. The quantitative estimate of drug-likeness (QED) is 0.646. The summed E-state index contributed by atoms with van der Waals surface area (Å²) in [6, 6.07) is 2.13. The Kier molecular flexibility index (Phi) is 2.42. The number of hydrogen-bond donors (Lipinski definition) is 1. The maximum Gasteiger partial charge on any atom is 0.407 e. The lowest BCUT2D eigenvalue weighted by atomic mass is 9.94. The molecule has 1 atom stereocenters. The Labute approximate surface area is 87.3 Å². The highest BCUT2D eigenvalue weighted by Gasteiger charge is 2.25. The van der Waals surface area contributed by atoms with E-state index in [1.165, 1.54) is 4.90 Å². The molecule has 0 aliphatic carbocycles. The maximum absolute atomic E-state index is 10.8. The van der Waals surface area contributed by atoms with Gasteiger partial charge in [0, 0.05) is 31.4 Å². The van der Waals surface area contributed by atoms with Crippen molar-refractivity contribution in [3.63, 3.8) is 0 Å². The third-order valence-corrected chi connectivity index (χ3v) is 2.72. The lowest BCUT2D eigenvalue weighted by Crippen LogP contribution is -2.37. The minimum atomic E-state index is -0.899. The molecule has 0 aromatic carbocycles. The molecular weight excluding hydrogens is 194 g/mol. The molecule has 2 heterocycles. The van der Waals surface area contributed by atoms with E-state index in [1.54, 1.807) is 6.21 Å². The molecule has 5 nitrogen and oxygen atoms in total. The van der Waals surface area contributed by atoms with Crippen LogP contribution in [0, 0.1) is 17.2 Å². The smallest absolute Gasteiger partial charge is 0.407 e. The number of nitrogens with zero attached hydrogens (tertiary/aromatic N) is 3. The highest BCUT2D eigenvalue weighted by molar-refractivity contribution is 5.70. The minimum absolute atomic E-state index is 0.197. The topological polar surface area (TPSA) is 76.7 Å². The zero-order chi connectivity index (χ0) is 10.8. The molecule has 0 bridgehead atoms. The first kappa shape index (κ1) is 9.71. The van der Waals surface area contributed by atoms with Gasteiger partial charge in [0.25, 0.3) is 0 Å². The first-order valence-corrected chi connectivity index (χ1v) is 4.83. The van der Waals surface area contributed by atoms with Crippen LogP contribution in [0.3, 0.4) is 0 Å². The van der Waals surface area contributed by atoms with Gasteiger partial charge >= 0.3 is 6.09 Å². The molecule has 0 radical (unpaired) electrons. The SMILES string of the molecule is N#CC1C=NC2=C(C1)CN(C(=O)O)CC2. The van der Waals surface area contributed by atoms with E-state index in [4.69, 9.17) is 10.4 Å². The number of aliphatic imine (C=N–C) groups is 1. The summed E-state index contributed by atoms with van der Waals surface area (Å²) in [6.45, 7) is 0.906. The van der Waals surface area contributed by atoms with Crippen molar-refractivity contribution in [2.75, 3.05) is 13.1 Å². The maximum atomic E-state index is 10.8. The average molecular weight is 205 g/mol. The van der Waals surface area contributed by atoms with Crippen molar-refractivity contribution in [3.8, 4) is 6.07 Å². The zero-order valence-electron chi connectivity index (χ0n) is 8.18. The van der Waals surface area contributed by atoms with Gasteiger partial charge in [-0.25, -0.2) is 4.79 Å². The Bertz CT molecular complexity index is 392. The lowest BCUT2D eigenvalue weighted by Gasteiger charge is -2.29. The van der Waals surface area contributed by atoms with Crippen LogP contribution in [0.1, 0.15) is 12.8 Å². The molecule has 5 heteroatoms. The molecular formula is C10H11N3O2. The van der Waals surface area contributed by atoms with Crippen LogP contribution >= 0.6 is 0 Å². The fourth-order valence-electron chi connectivity index (χ4n) is 1.90. The van der Waals surface area contributed by atoms with Crippen molar-refractivity contribution >= 4 is 12.3 Å². The number of amides is 1. The van der Waals surface area contributed by atoms with Crippen molar-refractivity contribution in [3.05, 3.63) is 11.3 Å². The van der Waals surface area contributed by atoms with Gasteiger partial charge in [0.1, 0.15) is 0 Å². The Morgan fingerprint density at radius 3 is 3.20 bits per heavy atom. The van der Waals surface area contributed by atoms with Crippen LogP contribution < -0.4 is 0 Å². The van der Waals surface area contributed by atoms with Crippen LogP contribution in [0.5, 0.6) is 0 Å². The van der Waals surface area contributed by atoms with Gasteiger partial charge in [-0.1, -0.05) is 0 Å². The molecule has 1 unspecified atom stereocenters. The Balaban J connectivity index is 2.15. The standard InChI is InChI=1S/C10H11N3O2/c11-4-7-3-8-6-13(10(14)15)2-1-9(8)12-5-7/h5,7H,1-3,6H2,(H,14,15). The summed E-state index contributed by atoms with van der Waals surface area (Å²) in [5.41, 5.74) is 1.97. The van der Waals surface area contributed by atoms with E-state index >= 15 is 0 Å². The number of nitriles is 1. The predicted molar refractivity (Wildman–Crippen MR) is 53.5 cm³/mol. The summed E-state index contributed by atoms with van der Waals surface area (Å²) in [4.78, 5) is 16.4. The number of carboxylic acid groups (broad SMARTS) is 1. The van der Waals surface area contributed by atoms with Gasteiger partial charge in [-0.15, -0.1) is 0 Å². The van der Waals surface area contributed by atoms with Crippen LogP contribution in [0.2, 0.25) is 0 Å². The van der Waals surface area contributed by atoms with Crippen LogP contribution in [-0.4, -0.2) is 35.4 Å². The van der Waals surface area contributed by atoms with Crippen LogP contribution in [0.4, 0.5) is 4.79 Å². The van der Waals surface area contributed by atoms with Crippen LogP contribution in [0.25, 0.3) is 0 Å². The molecule has 78 valence electrons. The van der Waals surface area contributed by atoms with Crippen molar-refractivity contribution in [2.45, 2.75) is 12.8 Å². The molecule has 0 aromatic rings. The number of hydrogen-bond acceptors (Lipinski definition) is 3. The molecule has 1 N–H and O–H groups in total. The summed E-state index contributed by atoms with van der Waals surface area (Å²) in [7, 11) is 0. The van der Waals surface area contributed by atoms with Gasteiger partial charge in [-0.2, -0.15) is 5.26 Å². The molecule has 15 heavy (non-hydrogen) atoms. The summed E-state index contributed by atoms with van der Waals surface area (Å²) < 4.78 is 0. The van der Waals surface area contributed by atoms with Gasteiger partial charge in [0.05, 0.1) is 12.0 Å². The molecule has 0 saturated carbocycles. The molecule has 1 amide bonds. The average Bonchev–Trinajstić information content (AvgIpc) is 2.27. The van der Waals surface area contributed by atoms with Gasteiger partial charge in [0.15, 0.2) is 0 Å². The van der Waals surface area contributed by atoms with E-state index in [1.807, 2.05) is 0 Å². The zero-order valence-corrected chi connectivity index (χ0v) is 8.18. The van der Waals surface area contributed by atoms with Crippen molar-refractivity contribution in [1.82, 2.24) is 4.90 Å². The lowest BCUT2D eigenvalue weighted by molar-refractivity contribution is 0.146.